The third-order valence-corrected chi connectivity index (χ3v) is 4.37. The van der Waals surface area contributed by atoms with E-state index in [1.54, 1.807) is 11.2 Å². The van der Waals surface area contributed by atoms with Crippen LogP contribution in [0.3, 0.4) is 0 Å². The van der Waals surface area contributed by atoms with Crippen LogP contribution in [0.1, 0.15) is 25.8 Å². The number of nitrogens with zero attached hydrogens (tertiary/aromatic N) is 3. The van der Waals surface area contributed by atoms with Crippen LogP contribution in [-0.2, 0) is 4.79 Å². The van der Waals surface area contributed by atoms with Gasteiger partial charge in [0.25, 0.3) is 0 Å². The molecule has 1 unspecified atom stereocenters. The Hall–Kier alpha value is -1.88. The molecule has 1 amide bonds. The summed E-state index contributed by atoms with van der Waals surface area (Å²) in [6, 6.07) is 7.56. The molecule has 1 N–H and O–H groups in total. The average molecular weight is 287 g/mol. The average Bonchev–Trinajstić information content (AvgIpc) is 2.88. The molecule has 1 atom stereocenters. The van der Waals surface area contributed by atoms with Gasteiger partial charge in [-0.2, -0.15) is 0 Å². The van der Waals surface area contributed by atoms with Crippen LogP contribution in [0.5, 0.6) is 0 Å². The fourth-order valence-electron chi connectivity index (χ4n) is 3.05. The zero-order chi connectivity index (χ0) is 15.0. The van der Waals surface area contributed by atoms with Crippen molar-refractivity contribution < 1.29 is 9.90 Å². The number of likely N-dealkylation sites (N-methyl/N-ethyl adjacent to an activating group) is 1. The van der Waals surface area contributed by atoms with E-state index in [2.05, 4.69) is 4.98 Å². The topological polar surface area (TPSA) is 58.4 Å². The Balaban J connectivity index is 1.71. The van der Waals surface area contributed by atoms with Gasteiger partial charge in [-0.05, 0) is 37.8 Å². The largest absolute Gasteiger partial charge is 0.393 e. The van der Waals surface area contributed by atoms with Crippen LogP contribution in [0.2, 0.25) is 0 Å². The third kappa shape index (κ3) is 2.65. The molecule has 1 aromatic carbocycles. The van der Waals surface area contributed by atoms with E-state index < -0.39 is 0 Å². The first-order chi connectivity index (χ1) is 10.1. The van der Waals surface area contributed by atoms with E-state index in [1.807, 2.05) is 42.8 Å². The lowest BCUT2D eigenvalue weighted by atomic mass is 9.82. The van der Waals surface area contributed by atoms with Crippen molar-refractivity contribution in [2.45, 2.75) is 31.9 Å². The molecule has 1 fully saturated rings. The lowest BCUT2D eigenvalue weighted by Gasteiger charge is -2.35. The van der Waals surface area contributed by atoms with Crippen molar-refractivity contribution in [3.05, 3.63) is 30.6 Å². The summed E-state index contributed by atoms with van der Waals surface area (Å²) in [6.45, 7) is 2.62. The first kappa shape index (κ1) is 14.1. The Morgan fingerprint density at radius 1 is 1.48 bits per heavy atom. The molecule has 1 aliphatic carbocycles. The molecule has 0 saturated heterocycles. The first-order valence-corrected chi connectivity index (χ1v) is 7.41. The third-order valence-electron chi connectivity index (χ3n) is 4.37. The van der Waals surface area contributed by atoms with Gasteiger partial charge in [-0.25, -0.2) is 4.98 Å². The summed E-state index contributed by atoms with van der Waals surface area (Å²) in [5.41, 5.74) is 1.88. The highest BCUT2D eigenvalue weighted by Crippen LogP contribution is 2.28. The standard InChI is InChI=1S/C16H21N3O2/c1-11(16(21)18(2)9-12-7-13(20)8-12)19-10-17-14-5-3-4-6-15(14)19/h3-6,10-13,20H,7-9H2,1-2H3. The molecule has 1 saturated carbocycles. The van der Waals surface area contributed by atoms with Gasteiger partial charge >= 0.3 is 0 Å². The number of amides is 1. The molecule has 112 valence electrons. The maximum Gasteiger partial charge on any atom is 0.245 e. The fraction of sp³-hybridized carbons (Fsp3) is 0.500. The summed E-state index contributed by atoms with van der Waals surface area (Å²) in [4.78, 5) is 18.7. The molecular formula is C16H21N3O2. The minimum absolute atomic E-state index is 0.0829. The van der Waals surface area contributed by atoms with Gasteiger partial charge in [0, 0.05) is 13.6 Å². The number of aromatic nitrogens is 2. The van der Waals surface area contributed by atoms with Crippen molar-refractivity contribution >= 4 is 16.9 Å². The normalized spacial score (nSPS) is 22.8. The van der Waals surface area contributed by atoms with Crippen LogP contribution in [-0.4, -0.2) is 45.2 Å². The van der Waals surface area contributed by atoms with Crippen LogP contribution in [0.4, 0.5) is 0 Å². The van der Waals surface area contributed by atoms with Crippen molar-refractivity contribution in [2.75, 3.05) is 13.6 Å². The smallest absolute Gasteiger partial charge is 0.245 e. The lowest BCUT2D eigenvalue weighted by molar-refractivity contribution is -0.134. The van der Waals surface area contributed by atoms with Crippen LogP contribution in [0.15, 0.2) is 30.6 Å². The summed E-state index contributed by atoms with van der Waals surface area (Å²) in [5, 5.41) is 9.33. The molecule has 0 spiro atoms. The molecule has 3 rings (SSSR count). The predicted molar refractivity (Wildman–Crippen MR) is 80.8 cm³/mol. The molecule has 1 aliphatic rings. The predicted octanol–water partition coefficient (Wildman–Crippen LogP) is 1.83. The van der Waals surface area contributed by atoms with E-state index in [0.717, 1.165) is 23.9 Å². The maximum absolute atomic E-state index is 12.6. The Bertz CT molecular complexity index is 646. The van der Waals surface area contributed by atoms with E-state index in [1.165, 1.54) is 0 Å². The van der Waals surface area contributed by atoms with Crippen LogP contribution in [0.25, 0.3) is 11.0 Å². The summed E-state index contributed by atoms with van der Waals surface area (Å²) in [6.07, 6.45) is 3.17. The summed E-state index contributed by atoms with van der Waals surface area (Å²) < 4.78 is 1.92. The van der Waals surface area contributed by atoms with Crippen molar-refractivity contribution in [1.29, 1.82) is 0 Å². The number of hydrogen-bond donors (Lipinski definition) is 1. The van der Waals surface area contributed by atoms with Crippen LogP contribution in [0, 0.1) is 5.92 Å². The zero-order valence-electron chi connectivity index (χ0n) is 12.4. The number of rotatable bonds is 4. The number of carbonyl (C=O) groups excluding carboxylic acids is 1. The Kier molecular flexibility index (Phi) is 3.68. The fourth-order valence-corrected chi connectivity index (χ4v) is 3.05. The van der Waals surface area contributed by atoms with Gasteiger partial charge in [0.2, 0.25) is 5.91 Å². The van der Waals surface area contributed by atoms with Crippen LogP contribution < -0.4 is 0 Å². The van der Waals surface area contributed by atoms with Gasteiger partial charge in [-0.1, -0.05) is 12.1 Å². The molecule has 1 aromatic heterocycles. The highest BCUT2D eigenvalue weighted by Gasteiger charge is 2.30. The van der Waals surface area contributed by atoms with E-state index in [0.29, 0.717) is 12.5 Å². The quantitative estimate of drug-likeness (QED) is 0.933. The molecule has 0 aliphatic heterocycles. The Morgan fingerprint density at radius 2 is 2.19 bits per heavy atom. The number of fused-ring (bicyclic) bond motifs is 1. The van der Waals surface area contributed by atoms with Crippen molar-refractivity contribution in [3.63, 3.8) is 0 Å². The number of carbonyl (C=O) groups is 1. The molecule has 0 bridgehead atoms. The second-order valence-corrected chi connectivity index (χ2v) is 6.03. The Morgan fingerprint density at radius 3 is 2.90 bits per heavy atom. The van der Waals surface area contributed by atoms with Crippen molar-refractivity contribution in [2.24, 2.45) is 5.92 Å². The molecular weight excluding hydrogens is 266 g/mol. The number of imidazole rings is 1. The minimum Gasteiger partial charge on any atom is -0.393 e. The number of aliphatic hydroxyl groups is 1. The van der Waals surface area contributed by atoms with Gasteiger partial charge in [0.1, 0.15) is 6.04 Å². The van der Waals surface area contributed by atoms with Crippen molar-refractivity contribution in [3.8, 4) is 0 Å². The van der Waals surface area contributed by atoms with Crippen LogP contribution >= 0.6 is 0 Å². The summed E-state index contributed by atoms with van der Waals surface area (Å²) in [7, 11) is 1.84. The lowest BCUT2D eigenvalue weighted by Crippen LogP contribution is -2.41. The second kappa shape index (κ2) is 5.48. The highest BCUT2D eigenvalue weighted by atomic mass is 16.3. The SMILES string of the molecule is CC(C(=O)N(C)CC1CC(O)C1)n1cnc2ccccc21. The second-order valence-electron chi connectivity index (χ2n) is 6.03. The highest BCUT2D eigenvalue weighted by molar-refractivity contribution is 5.83. The maximum atomic E-state index is 12.6. The van der Waals surface area contributed by atoms with Gasteiger partial charge < -0.3 is 14.6 Å². The van der Waals surface area contributed by atoms with Crippen molar-refractivity contribution in [1.82, 2.24) is 14.5 Å². The number of para-hydroxylation sites is 2. The van der Waals surface area contributed by atoms with E-state index in [-0.39, 0.29) is 18.1 Å². The number of benzene rings is 1. The van der Waals surface area contributed by atoms with E-state index in [4.69, 9.17) is 0 Å². The van der Waals surface area contributed by atoms with Gasteiger partial charge in [-0.15, -0.1) is 0 Å². The van der Waals surface area contributed by atoms with Gasteiger partial charge in [-0.3, -0.25) is 4.79 Å². The van der Waals surface area contributed by atoms with Gasteiger partial charge in [0.05, 0.1) is 23.5 Å². The molecule has 1 heterocycles. The molecule has 5 nitrogen and oxygen atoms in total. The number of hydrogen-bond acceptors (Lipinski definition) is 3. The van der Waals surface area contributed by atoms with E-state index in [9.17, 15) is 9.90 Å². The monoisotopic (exact) mass is 287 g/mol. The first-order valence-electron chi connectivity index (χ1n) is 7.41. The summed E-state index contributed by atoms with van der Waals surface area (Å²) in [5.74, 6) is 0.514. The number of aliphatic hydroxyl groups excluding tert-OH is 1. The molecule has 21 heavy (non-hydrogen) atoms. The molecule has 0 radical (unpaired) electrons. The molecule has 2 aromatic rings. The van der Waals surface area contributed by atoms with E-state index >= 15 is 0 Å². The Labute approximate surface area is 124 Å². The minimum atomic E-state index is -0.271. The van der Waals surface area contributed by atoms with Gasteiger partial charge in [0.15, 0.2) is 0 Å². The zero-order valence-corrected chi connectivity index (χ0v) is 12.4. The summed E-state index contributed by atoms with van der Waals surface area (Å²) >= 11 is 0. The molecule has 5 heteroatoms.